The van der Waals surface area contributed by atoms with Crippen LogP contribution >= 0.6 is 0 Å². The number of amides is 1. The summed E-state index contributed by atoms with van der Waals surface area (Å²) in [4.78, 5) is 12.1. The van der Waals surface area contributed by atoms with Crippen LogP contribution in [0.15, 0.2) is 30.6 Å². The Bertz CT molecular complexity index is 677. The Morgan fingerprint density at radius 1 is 1.50 bits per heavy atom. The van der Waals surface area contributed by atoms with Crippen LogP contribution in [0.5, 0.6) is 11.5 Å². The van der Waals surface area contributed by atoms with Crippen molar-refractivity contribution in [2.75, 3.05) is 7.11 Å². The van der Waals surface area contributed by atoms with E-state index in [-0.39, 0.29) is 18.2 Å². The summed E-state index contributed by atoms with van der Waals surface area (Å²) < 4.78 is 6.98. The van der Waals surface area contributed by atoms with Crippen molar-refractivity contribution in [1.82, 2.24) is 15.1 Å². The van der Waals surface area contributed by atoms with E-state index in [9.17, 15) is 9.90 Å². The SMILES string of the molecule is COc1ccc(O)c(CNC(=O)c2cnn(C3CCC3)c2)c1. The average molecular weight is 301 g/mol. The van der Waals surface area contributed by atoms with Gasteiger partial charge in [0.2, 0.25) is 0 Å². The molecular formula is C16H19N3O3. The molecule has 6 heteroatoms. The van der Waals surface area contributed by atoms with Crippen molar-refractivity contribution in [2.45, 2.75) is 31.8 Å². The molecule has 1 aliphatic carbocycles. The van der Waals surface area contributed by atoms with E-state index in [0.717, 1.165) is 12.8 Å². The van der Waals surface area contributed by atoms with Crippen molar-refractivity contribution < 1.29 is 14.6 Å². The minimum atomic E-state index is -0.201. The molecule has 1 aliphatic rings. The highest BCUT2D eigenvalue weighted by Gasteiger charge is 2.21. The van der Waals surface area contributed by atoms with Gasteiger partial charge in [-0.25, -0.2) is 0 Å². The normalized spacial score (nSPS) is 14.4. The summed E-state index contributed by atoms with van der Waals surface area (Å²) in [6.45, 7) is 0.233. The molecule has 1 fully saturated rings. The molecule has 116 valence electrons. The van der Waals surface area contributed by atoms with Crippen LogP contribution in [-0.2, 0) is 6.54 Å². The van der Waals surface area contributed by atoms with Crippen LogP contribution in [0.4, 0.5) is 0 Å². The van der Waals surface area contributed by atoms with Crippen molar-refractivity contribution in [3.63, 3.8) is 0 Å². The Hall–Kier alpha value is -2.50. The molecule has 1 amide bonds. The first-order valence-electron chi connectivity index (χ1n) is 7.35. The maximum Gasteiger partial charge on any atom is 0.254 e. The fourth-order valence-electron chi connectivity index (χ4n) is 2.41. The lowest BCUT2D eigenvalue weighted by Gasteiger charge is -2.25. The summed E-state index contributed by atoms with van der Waals surface area (Å²) in [5, 5.41) is 16.8. The summed E-state index contributed by atoms with van der Waals surface area (Å²) in [6.07, 6.45) is 6.84. The highest BCUT2D eigenvalue weighted by molar-refractivity contribution is 5.93. The molecule has 1 aromatic carbocycles. The molecule has 0 bridgehead atoms. The molecule has 2 N–H and O–H groups in total. The zero-order valence-corrected chi connectivity index (χ0v) is 12.5. The standard InChI is InChI=1S/C16H19N3O3/c1-22-14-5-6-15(20)11(7-14)8-17-16(21)12-9-18-19(10-12)13-3-2-4-13/h5-7,9-10,13,20H,2-4,8H2,1H3,(H,17,21). The van der Waals surface area contributed by atoms with Crippen molar-refractivity contribution in [1.29, 1.82) is 0 Å². The second-order valence-corrected chi connectivity index (χ2v) is 5.47. The molecule has 1 aromatic heterocycles. The first-order valence-corrected chi connectivity index (χ1v) is 7.35. The van der Waals surface area contributed by atoms with Gasteiger partial charge < -0.3 is 15.2 Å². The predicted molar refractivity (Wildman–Crippen MR) is 80.9 cm³/mol. The quantitative estimate of drug-likeness (QED) is 0.888. The van der Waals surface area contributed by atoms with Crippen LogP contribution in [0.3, 0.4) is 0 Å². The van der Waals surface area contributed by atoms with E-state index in [4.69, 9.17) is 4.74 Å². The number of methoxy groups -OCH3 is 1. The molecule has 0 atom stereocenters. The maximum absolute atomic E-state index is 12.1. The van der Waals surface area contributed by atoms with Gasteiger partial charge in [-0.1, -0.05) is 0 Å². The van der Waals surface area contributed by atoms with E-state index in [0.29, 0.717) is 22.9 Å². The number of nitrogens with one attached hydrogen (secondary N) is 1. The third-order valence-electron chi connectivity index (χ3n) is 4.04. The lowest BCUT2D eigenvalue weighted by atomic mass is 9.93. The molecule has 22 heavy (non-hydrogen) atoms. The fourth-order valence-corrected chi connectivity index (χ4v) is 2.41. The van der Waals surface area contributed by atoms with Crippen LogP contribution in [0.25, 0.3) is 0 Å². The smallest absolute Gasteiger partial charge is 0.254 e. The van der Waals surface area contributed by atoms with Gasteiger partial charge in [-0.3, -0.25) is 9.48 Å². The molecular weight excluding hydrogens is 282 g/mol. The summed E-state index contributed by atoms with van der Waals surface area (Å²) in [5.74, 6) is 0.568. The van der Waals surface area contributed by atoms with E-state index < -0.39 is 0 Å². The number of hydrogen-bond donors (Lipinski definition) is 2. The number of nitrogens with zero attached hydrogens (tertiary/aromatic N) is 2. The number of aromatic hydroxyl groups is 1. The topological polar surface area (TPSA) is 76.4 Å². The van der Waals surface area contributed by atoms with Crippen molar-refractivity contribution >= 4 is 5.91 Å². The van der Waals surface area contributed by atoms with Gasteiger partial charge in [-0.2, -0.15) is 5.10 Å². The van der Waals surface area contributed by atoms with Gasteiger partial charge >= 0.3 is 0 Å². The first-order chi connectivity index (χ1) is 10.7. The Labute approximate surface area is 128 Å². The summed E-state index contributed by atoms with van der Waals surface area (Å²) in [5.41, 5.74) is 1.15. The minimum Gasteiger partial charge on any atom is -0.508 e. The molecule has 1 heterocycles. The second-order valence-electron chi connectivity index (χ2n) is 5.47. The number of phenols is 1. The molecule has 3 rings (SSSR count). The molecule has 2 aromatic rings. The third kappa shape index (κ3) is 2.90. The number of aromatic nitrogens is 2. The Balaban J connectivity index is 1.63. The summed E-state index contributed by atoms with van der Waals surface area (Å²) in [7, 11) is 1.56. The van der Waals surface area contributed by atoms with E-state index in [1.54, 1.807) is 37.7 Å². The highest BCUT2D eigenvalue weighted by atomic mass is 16.5. The molecule has 1 saturated carbocycles. The lowest BCUT2D eigenvalue weighted by molar-refractivity contribution is 0.0950. The van der Waals surface area contributed by atoms with Crippen molar-refractivity contribution in [3.8, 4) is 11.5 Å². The third-order valence-corrected chi connectivity index (χ3v) is 4.04. The van der Waals surface area contributed by atoms with Crippen LogP contribution in [0.1, 0.15) is 41.2 Å². The lowest BCUT2D eigenvalue weighted by Crippen LogP contribution is -2.22. The van der Waals surface area contributed by atoms with Crippen LogP contribution in [0, 0.1) is 0 Å². The molecule has 0 radical (unpaired) electrons. The molecule has 0 unspecified atom stereocenters. The molecule has 0 aliphatic heterocycles. The Morgan fingerprint density at radius 2 is 2.32 bits per heavy atom. The van der Waals surface area contributed by atoms with Gasteiger partial charge in [0.25, 0.3) is 5.91 Å². The maximum atomic E-state index is 12.1. The summed E-state index contributed by atoms with van der Waals surface area (Å²) in [6, 6.07) is 5.36. The number of phenolic OH excluding ortho intramolecular Hbond substituents is 1. The van der Waals surface area contributed by atoms with Gasteiger partial charge in [0.05, 0.1) is 24.9 Å². The fraction of sp³-hybridized carbons (Fsp3) is 0.375. The van der Waals surface area contributed by atoms with Gasteiger partial charge in [-0.15, -0.1) is 0 Å². The number of ether oxygens (including phenoxy) is 1. The van der Waals surface area contributed by atoms with Gasteiger partial charge in [0.15, 0.2) is 0 Å². The van der Waals surface area contributed by atoms with Crippen LogP contribution in [-0.4, -0.2) is 27.9 Å². The van der Waals surface area contributed by atoms with E-state index in [1.807, 2.05) is 4.68 Å². The molecule has 0 saturated heterocycles. The minimum absolute atomic E-state index is 0.131. The summed E-state index contributed by atoms with van der Waals surface area (Å²) >= 11 is 0. The van der Waals surface area contributed by atoms with E-state index in [1.165, 1.54) is 6.42 Å². The van der Waals surface area contributed by atoms with Gasteiger partial charge in [0.1, 0.15) is 11.5 Å². The van der Waals surface area contributed by atoms with E-state index >= 15 is 0 Å². The molecule has 0 spiro atoms. The molecule has 6 nitrogen and oxygen atoms in total. The second kappa shape index (κ2) is 6.09. The number of benzene rings is 1. The monoisotopic (exact) mass is 301 g/mol. The Morgan fingerprint density at radius 3 is 3.00 bits per heavy atom. The predicted octanol–water partition coefficient (Wildman–Crippen LogP) is 2.25. The van der Waals surface area contributed by atoms with Crippen LogP contribution < -0.4 is 10.1 Å². The van der Waals surface area contributed by atoms with Gasteiger partial charge in [-0.05, 0) is 37.5 Å². The number of carbonyl (C=O) groups is 1. The van der Waals surface area contributed by atoms with Crippen molar-refractivity contribution in [3.05, 3.63) is 41.7 Å². The number of carbonyl (C=O) groups excluding carboxylic acids is 1. The zero-order chi connectivity index (χ0) is 15.5. The average Bonchev–Trinajstić information content (AvgIpc) is 2.93. The largest absolute Gasteiger partial charge is 0.508 e. The van der Waals surface area contributed by atoms with Crippen molar-refractivity contribution in [2.24, 2.45) is 0 Å². The van der Waals surface area contributed by atoms with Gasteiger partial charge in [0, 0.05) is 18.3 Å². The highest BCUT2D eigenvalue weighted by Crippen LogP contribution is 2.30. The van der Waals surface area contributed by atoms with Crippen LogP contribution in [0.2, 0.25) is 0 Å². The zero-order valence-electron chi connectivity index (χ0n) is 12.5. The van der Waals surface area contributed by atoms with E-state index in [2.05, 4.69) is 10.4 Å². The number of hydrogen-bond acceptors (Lipinski definition) is 4. The first kappa shape index (κ1) is 14.4. The number of rotatable bonds is 5. The Kier molecular flexibility index (Phi) is 4.00.